The van der Waals surface area contributed by atoms with Crippen molar-refractivity contribution in [3.05, 3.63) is 29.8 Å². The van der Waals surface area contributed by atoms with Crippen molar-refractivity contribution in [2.75, 3.05) is 25.0 Å². The minimum Gasteiger partial charge on any atom is -0.355 e. The van der Waals surface area contributed by atoms with Gasteiger partial charge in [-0.1, -0.05) is 32.9 Å². The van der Waals surface area contributed by atoms with Crippen molar-refractivity contribution in [1.29, 1.82) is 0 Å². The minimum absolute atomic E-state index is 0. The first-order chi connectivity index (χ1) is 10.8. The van der Waals surface area contributed by atoms with Gasteiger partial charge in [0.1, 0.15) is 0 Å². The van der Waals surface area contributed by atoms with E-state index in [9.17, 15) is 9.59 Å². The van der Waals surface area contributed by atoms with Gasteiger partial charge in [0.05, 0.1) is 6.42 Å². The Bertz CT molecular complexity index is 548. The van der Waals surface area contributed by atoms with Gasteiger partial charge in [-0.25, -0.2) is 0 Å². The summed E-state index contributed by atoms with van der Waals surface area (Å²) in [5.41, 5.74) is 1.69. The molecule has 5 nitrogen and oxygen atoms in total. The van der Waals surface area contributed by atoms with E-state index in [1.165, 1.54) is 0 Å². The molecule has 0 aliphatic carbocycles. The van der Waals surface area contributed by atoms with Gasteiger partial charge in [-0.05, 0) is 23.1 Å². The zero-order valence-electron chi connectivity index (χ0n) is 14.6. The number of nitrogens with one attached hydrogen (secondary N) is 3. The Labute approximate surface area is 150 Å². The monoisotopic (exact) mass is 353 g/mol. The normalized spacial score (nSPS) is 14.3. The number of carbonyl (C=O) groups excluding carboxylic acids is 2. The van der Waals surface area contributed by atoms with Crippen LogP contribution < -0.4 is 16.0 Å². The molecule has 3 N–H and O–H groups in total. The van der Waals surface area contributed by atoms with E-state index in [4.69, 9.17) is 0 Å². The Morgan fingerprint density at radius 3 is 2.25 bits per heavy atom. The van der Waals surface area contributed by atoms with Crippen LogP contribution in [0.3, 0.4) is 0 Å². The highest BCUT2D eigenvalue weighted by atomic mass is 35.5. The molecule has 2 rings (SSSR count). The quantitative estimate of drug-likeness (QED) is 0.735. The summed E-state index contributed by atoms with van der Waals surface area (Å²) in [6.07, 6.45) is 0.851. The van der Waals surface area contributed by atoms with Crippen molar-refractivity contribution < 1.29 is 9.59 Å². The highest BCUT2D eigenvalue weighted by molar-refractivity contribution is 5.91. The lowest BCUT2D eigenvalue weighted by atomic mass is 9.92. The number of amides is 2. The second-order valence-electron chi connectivity index (χ2n) is 7.49. The van der Waals surface area contributed by atoms with Gasteiger partial charge in [0.2, 0.25) is 11.8 Å². The molecule has 1 aromatic rings. The maximum absolute atomic E-state index is 11.9. The second kappa shape index (κ2) is 9.04. The van der Waals surface area contributed by atoms with Crippen molar-refractivity contribution >= 4 is 29.9 Å². The Morgan fingerprint density at radius 2 is 1.75 bits per heavy atom. The topological polar surface area (TPSA) is 70.2 Å². The summed E-state index contributed by atoms with van der Waals surface area (Å²) in [5, 5.41) is 9.03. The minimum atomic E-state index is -0.0297. The predicted molar refractivity (Wildman–Crippen MR) is 99.5 cm³/mol. The Morgan fingerprint density at radius 1 is 1.12 bits per heavy atom. The summed E-state index contributed by atoms with van der Waals surface area (Å²) >= 11 is 0. The Kier molecular flexibility index (Phi) is 7.70. The van der Waals surface area contributed by atoms with Crippen molar-refractivity contribution in [3.8, 4) is 0 Å². The standard InChI is InChI=1S/C18H27N3O2.ClH/c1-18(2,3)9-17(23)21-15-6-4-13(5-7-15)8-16(22)20-12-14-10-19-11-14;/h4-7,14,19H,8-12H2,1-3H3,(H,20,22)(H,21,23);1H. The van der Waals surface area contributed by atoms with Gasteiger partial charge >= 0.3 is 0 Å². The van der Waals surface area contributed by atoms with Gasteiger partial charge in [-0.15, -0.1) is 12.4 Å². The van der Waals surface area contributed by atoms with Gasteiger partial charge in [0, 0.05) is 37.7 Å². The molecule has 1 aliphatic rings. The molecule has 1 aliphatic heterocycles. The molecule has 6 heteroatoms. The number of benzene rings is 1. The first-order valence-electron chi connectivity index (χ1n) is 8.18. The van der Waals surface area contributed by atoms with E-state index in [0.717, 1.165) is 30.9 Å². The summed E-state index contributed by atoms with van der Waals surface area (Å²) in [6.45, 7) is 8.83. The third-order valence-electron chi connectivity index (χ3n) is 3.75. The fourth-order valence-electron chi connectivity index (χ4n) is 2.39. The van der Waals surface area contributed by atoms with Crippen LogP contribution in [0.5, 0.6) is 0 Å². The maximum atomic E-state index is 11.9. The van der Waals surface area contributed by atoms with Gasteiger partial charge in [0.25, 0.3) is 0 Å². The molecule has 0 spiro atoms. The second-order valence-corrected chi connectivity index (χ2v) is 7.49. The van der Waals surface area contributed by atoms with Crippen molar-refractivity contribution in [2.24, 2.45) is 11.3 Å². The van der Waals surface area contributed by atoms with Crippen LogP contribution in [0.4, 0.5) is 5.69 Å². The van der Waals surface area contributed by atoms with Crippen LogP contribution in [-0.4, -0.2) is 31.4 Å². The van der Waals surface area contributed by atoms with Gasteiger partial charge in [0.15, 0.2) is 0 Å². The highest BCUT2D eigenvalue weighted by Crippen LogP contribution is 2.19. The zero-order valence-corrected chi connectivity index (χ0v) is 15.5. The smallest absolute Gasteiger partial charge is 0.224 e. The van der Waals surface area contributed by atoms with Crippen LogP contribution in [0.1, 0.15) is 32.8 Å². The molecule has 1 saturated heterocycles. The van der Waals surface area contributed by atoms with Crippen LogP contribution in [0, 0.1) is 11.3 Å². The fourth-order valence-corrected chi connectivity index (χ4v) is 2.39. The van der Waals surface area contributed by atoms with Gasteiger partial charge in [-0.2, -0.15) is 0 Å². The molecular weight excluding hydrogens is 326 g/mol. The maximum Gasteiger partial charge on any atom is 0.224 e. The van der Waals surface area contributed by atoms with Crippen molar-refractivity contribution in [3.63, 3.8) is 0 Å². The number of halogens is 1. The molecule has 0 atom stereocenters. The van der Waals surface area contributed by atoms with Crippen LogP contribution in [-0.2, 0) is 16.0 Å². The summed E-state index contributed by atoms with van der Waals surface area (Å²) in [5.74, 6) is 0.623. The van der Waals surface area contributed by atoms with E-state index in [2.05, 4.69) is 16.0 Å². The summed E-state index contributed by atoms with van der Waals surface area (Å²) in [4.78, 5) is 23.8. The number of anilines is 1. The average Bonchev–Trinajstić information content (AvgIpc) is 2.37. The lowest BCUT2D eigenvalue weighted by Crippen LogP contribution is -2.48. The summed E-state index contributed by atoms with van der Waals surface area (Å²) in [6, 6.07) is 7.46. The lowest BCUT2D eigenvalue weighted by molar-refractivity contribution is -0.120. The molecule has 0 radical (unpaired) electrons. The molecule has 24 heavy (non-hydrogen) atoms. The molecule has 1 aromatic carbocycles. The molecule has 0 aromatic heterocycles. The molecule has 1 heterocycles. The van der Waals surface area contributed by atoms with Crippen LogP contribution >= 0.6 is 12.4 Å². The SMILES string of the molecule is CC(C)(C)CC(=O)Nc1ccc(CC(=O)NCC2CNC2)cc1.Cl. The van der Waals surface area contributed by atoms with E-state index in [0.29, 0.717) is 18.8 Å². The van der Waals surface area contributed by atoms with E-state index < -0.39 is 0 Å². The van der Waals surface area contributed by atoms with Crippen molar-refractivity contribution in [1.82, 2.24) is 10.6 Å². The predicted octanol–water partition coefficient (Wildman–Crippen LogP) is 2.36. The Hall–Kier alpha value is -1.59. The molecule has 0 bridgehead atoms. The van der Waals surface area contributed by atoms with E-state index in [1.807, 2.05) is 45.0 Å². The first-order valence-corrected chi connectivity index (χ1v) is 8.18. The summed E-state index contributed by atoms with van der Waals surface area (Å²) < 4.78 is 0. The van der Waals surface area contributed by atoms with Gasteiger partial charge in [-0.3, -0.25) is 9.59 Å². The van der Waals surface area contributed by atoms with Crippen LogP contribution in [0.15, 0.2) is 24.3 Å². The first kappa shape index (κ1) is 20.5. The lowest BCUT2D eigenvalue weighted by Gasteiger charge is -2.27. The molecule has 2 amide bonds. The fraction of sp³-hybridized carbons (Fsp3) is 0.556. The molecule has 0 unspecified atom stereocenters. The largest absolute Gasteiger partial charge is 0.355 e. The number of hydrogen-bond acceptors (Lipinski definition) is 3. The van der Waals surface area contributed by atoms with Gasteiger partial charge < -0.3 is 16.0 Å². The van der Waals surface area contributed by atoms with E-state index in [1.54, 1.807) is 0 Å². The van der Waals surface area contributed by atoms with E-state index >= 15 is 0 Å². The molecule has 134 valence electrons. The number of carbonyl (C=O) groups is 2. The van der Waals surface area contributed by atoms with Crippen molar-refractivity contribution in [2.45, 2.75) is 33.6 Å². The zero-order chi connectivity index (χ0) is 16.9. The average molecular weight is 354 g/mol. The number of rotatable bonds is 6. The summed E-state index contributed by atoms with van der Waals surface area (Å²) in [7, 11) is 0. The van der Waals surface area contributed by atoms with Crippen LogP contribution in [0.25, 0.3) is 0 Å². The third kappa shape index (κ3) is 7.32. The molecule has 1 fully saturated rings. The highest BCUT2D eigenvalue weighted by Gasteiger charge is 2.17. The molecular formula is C18H28ClN3O2. The van der Waals surface area contributed by atoms with Crippen LogP contribution in [0.2, 0.25) is 0 Å². The Balaban J connectivity index is 0.00000288. The number of hydrogen-bond donors (Lipinski definition) is 3. The molecule has 0 saturated carbocycles. The third-order valence-corrected chi connectivity index (χ3v) is 3.75. The van der Waals surface area contributed by atoms with E-state index in [-0.39, 0.29) is 29.6 Å².